The third-order valence-electron chi connectivity index (χ3n) is 6.53. The van der Waals surface area contributed by atoms with Crippen LogP contribution in [0.2, 0.25) is 0 Å². The number of rotatable bonds is 4. The summed E-state index contributed by atoms with van der Waals surface area (Å²) in [5.41, 5.74) is 4.12. The highest BCUT2D eigenvalue weighted by Gasteiger charge is 2.35. The van der Waals surface area contributed by atoms with Crippen molar-refractivity contribution in [1.82, 2.24) is 29.2 Å². The number of hydrogen-bond donors (Lipinski definition) is 0. The number of aryl methyl sites for hydroxylation is 1. The molecule has 5 heterocycles. The van der Waals surface area contributed by atoms with E-state index in [1.54, 1.807) is 17.8 Å². The molecule has 0 N–H and O–H groups in total. The van der Waals surface area contributed by atoms with Crippen molar-refractivity contribution in [3.8, 4) is 29.1 Å². The van der Waals surface area contributed by atoms with Crippen LogP contribution in [-0.4, -0.2) is 68.5 Å². The van der Waals surface area contributed by atoms with E-state index in [0.29, 0.717) is 28.9 Å². The molecule has 2 saturated heterocycles. The van der Waals surface area contributed by atoms with E-state index in [0.717, 1.165) is 55.8 Å². The Kier molecular flexibility index (Phi) is 4.76. The summed E-state index contributed by atoms with van der Waals surface area (Å²) in [4.78, 5) is 4.36. The van der Waals surface area contributed by atoms with E-state index in [1.807, 2.05) is 24.1 Å². The minimum atomic E-state index is 0.363. The van der Waals surface area contributed by atoms with Gasteiger partial charge in [-0.3, -0.25) is 9.58 Å². The first kappa shape index (κ1) is 19.4. The Bertz CT molecular complexity index is 1200. The Morgan fingerprint density at radius 2 is 1.90 bits per heavy atom. The van der Waals surface area contributed by atoms with Gasteiger partial charge in [-0.2, -0.15) is 20.7 Å². The van der Waals surface area contributed by atoms with Gasteiger partial charge >= 0.3 is 0 Å². The van der Waals surface area contributed by atoms with E-state index in [1.165, 1.54) is 0 Å². The molecule has 0 bridgehead atoms. The average Bonchev–Trinajstić information content (AvgIpc) is 3.35. The Labute approximate surface area is 180 Å². The van der Waals surface area contributed by atoms with Crippen molar-refractivity contribution in [2.24, 2.45) is 0 Å². The van der Waals surface area contributed by atoms with E-state index in [4.69, 9.17) is 15.1 Å². The number of nitrogens with zero attached hydrogens (tertiary/aromatic N) is 8. The number of fused-ring (bicyclic) bond motifs is 1. The lowest BCUT2D eigenvalue weighted by molar-refractivity contribution is 0.0279. The molecular weight excluding hydrogens is 392 g/mol. The smallest absolute Gasteiger partial charge is 0.179 e. The lowest BCUT2D eigenvalue weighted by Crippen LogP contribution is -2.55. The highest BCUT2D eigenvalue weighted by atomic mass is 16.5. The molecule has 0 aromatic carbocycles. The maximum atomic E-state index is 9.32. The predicted octanol–water partition coefficient (Wildman–Crippen LogP) is 2.19. The van der Waals surface area contributed by atoms with Crippen LogP contribution in [0.15, 0.2) is 24.7 Å². The minimum Gasteiger partial charge on any atom is -0.494 e. The quantitative estimate of drug-likeness (QED) is 0.601. The van der Waals surface area contributed by atoms with Crippen molar-refractivity contribution in [2.45, 2.75) is 31.8 Å². The van der Waals surface area contributed by atoms with Gasteiger partial charge in [-0.15, -0.1) is 0 Å². The number of nitriles is 2. The molecule has 2 fully saturated rings. The van der Waals surface area contributed by atoms with Gasteiger partial charge in [0.25, 0.3) is 0 Å². The molecule has 0 unspecified atom stereocenters. The Balaban J connectivity index is 1.34. The largest absolute Gasteiger partial charge is 0.494 e. The first-order chi connectivity index (χ1) is 15.1. The van der Waals surface area contributed by atoms with Gasteiger partial charge in [0.1, 0.15) is 22.9 Å². The summed E-state index contributed by atoms with van der Waals surface area (Å²) in [5, 5.41) is 27.4. The number of hydrogen-bond acceptors (Lipinski definition) is 7. The van der Waals surface area contributed by atoms with Crippen LogP contribution in [-0.2, 0) is 0 Å². The molecule has 9 heteroatoms. The second-order valence-corrected chi connectivity index (χ2v) is 8.29. The van der Waals surface area contributed by atoms with Crippen molar-refractivity contribution in [2.75, 3.05) is 33.3 Å². The number of aromatic nitrogens is 4. The van der Waals surface area contributed by atoms with Crippen molar-refractivity contribution in [3.05, 3.63) is 35.9 Å². The molecule has 2 aliphatic rings. The van der Waals surface area contributed by atoms with Crippen molar-refractivity contribution >= 4 is 5.52 Å². The number of pyridine rings is 1. The van der Waals surface area contributed by atoms with Gasteiger partial charge in [0.05, 0.1) is 25.0 Å². The summed E-state index contributed by atoms with van der Waals surface area (Å²) in [6.07, 6.45) is 9.94. The monoisotopic (exact) mass is 416 g/mol. The predicted molar refractivity (Wildman–Crippen MR) is 113 cm³/mol. The summed E-state index contributed by atoms with van der Waals surface area (Å²) in [6.45, 7) is 5.72. The van der Waals surface area contributed by atoms with Gasteiger partial charge in [-0.05, 0) is 25.8 Å². The zero-order valence-corrected chi connectivity index (χ0v) is 17.7. The second-order valence-electron chi connectivity index (χ2n) is 8.29. The molecule has 158 valence electrons. The van der Waals surface area contributed by atoms with Crippen LogP contribution >= 0.6 is 0 Å². The zero-order valence-electron chi connectivity index (χ0n) is 17.7. The molecule has 0 amide bonds. The highest BCUT2D eigenvalue weighted by molar-refractivity contribution is 5.75. The summed E-state index contributed by atoms with van der Waals surface area (Å²) < 4.78 is 9.32. The lowest BCUT2D eigenvalue weighted by Gasteiger charge is -2.46. The van der Waals surface area contributed by atoms with Gasteiger partial charge in [-0.25, -0.2) is 4.52 Å². The van der Waals surface area contributed by atoms with Crippen molar-refractivity contribution in [3.63, 3.8) is 0 Å². The van der Waals surface area contributed by atoms with E-state index in [9.17, 15) is 5.26 Å². The van der Waals surface area contributed by atoms with Crippen LogP contribution < -0.4 is 4.74 Å². The maximum absolute atomic E-state index is 9.32. The molecule has 2 aliphatic heterocycles. The summed E-state index contributed by atoms with van der Waals surface area (Å²) in [5.74, 6) is 0.622. The number of methoxy groups -OCH3 is 1. The molecule has 0 aliphatic carbocycles. The van der Waals surface area contributed by atoms with Crippen molar-refractivity contribution < 1.29 is 4.74 Å². The fraction of sp³-hybridized carbons (Fsp3) is 0.455. The lowest BCUT2D eigenvalue weighted by atomic mass is 9.98. The van der Waals surface area contributed by atoms with Crippen LogP contribution in [0.3, 0.4) is 0 Å². The van der Waals surface area contributed by atoms with Crippen LogP contribution in [0.4, 0.5) is 0 Å². The van der Waals surface area contributed by atoms with Gasteiger partial charge in [0.15, 0.2) is 6.19 Å². The Hall–Kier alpha value is -3.56. The van der Waals surface area contributed by atoms with Crippen LogP contribution in [0.5, 0.6) is 5.75 Å². The summed E-state index contributed by atoms with van der Waals surface area (Å²) in [6, 6.07) is 5.04. The number of likely N-dealkylation sites (tertiary alicyclic amines) is 2. The molecule has 0 atom stereocenters. The van der Waals surface area contributed by atoms with Crippen LogP contribution in [0, 0.1) is 29.7 Å². The van der Waals surface area contributed by atoms with E-state index in [2.05, 4.69) is 33.1 Å². The fourth-order valence-electron chi connectivity index (χ4n) is 4.71. The van der Waals surface area contributed by atoms with Crippen LogP contribution in [0.25, 0.3) is 16.6 Å². The first-order valence-corrected chi connectivity index (χ1v) is 10.5. The molecule has 3 aromatic heterocycles. The molecular formula is C22H24N8O. The molecule has 5 rings (SSSR count). The minimum absolute atomic E-state index is 0.363. The van der Waals surface area contributed by atoms with Gasteiger partial charge in [0.2, 0.25) is 0 Å². The molecule has 3 aromatic rings. The molecule has 0 spiro atoms. The van der Waals surface area contributed by atoms with Crippen LogP contribution in [0.1, 0.15) is 30.1 Å². The standard InChI is InChI=1S/C22H24N8O/c1-15-20(16-7-21(31-2)22-17(8-23)9-25-30(22)10-16)13-29(26-15)19-11-28(12-19)18-3-5-27(14-24)6-4-18/h7,9-10,13,18-19H,3-6,11-12H2,1-2H3. The Morgan fingerprint density at radius 1 is 1.13 bits per heavy atom. The molecule has 31 heavy (non-hydrogen) atoms. The molecule has 0 saturated carbocycles. The van der Waals surface area contributed by atoms with Gasteiger partial charge in [0, 0.05) is 55.7 Å². The van der Waals surface area contributed by atoms with Gasteiger partial charge in [-0.1, -0.05) is 0 Å². The first-order valence-electron chi connectivity index (χ1n) is 10.5. The zero-order chi connectivity index (χ0) is 21.5. The van der Waals surface area contributed by atoms with E-state index < -0.39 is 0 Å². The second kappa shape index (κ2) is 7.60. The van der Waals surface area contributed by atoms with Gasteiger partial charge < -0.3 is 9.64 Å². The van der Waals surface area contributed by atoms with E-state index in [-0.39, 0.29) is 0 Å². The number of ether oxygens (including phenoxy) is 1. The Morgan fingerprint density at radius 3 is 2.58 bits per heavy atom. The fourth-order valence-corrected chi connectivity index (χ4v) is 4.71. The molecule has 9 nitrogen and oxygen atoms in total. The highest BCUT2D eigenvalue weighted by Crippen LogP contribution is 2.33. The van der Waals surface area contributed by atoms with E-state index >= 15 is 0 Å². The average molecular weight is 416 g/mol. The summed E-state index contributed by atoms with van der Waals surface area (Å²) in [7, 11) is 1.60. The SMILES string of the molecule is COc1cc(-c2cn(C3CN(C4CCN(C#N)CC4)C3)nc2C)cn2ncc(C#N)c12. The third-order valence-corrected chi connectivity index (χ3v) is 6.53. The topological polar surface area (TPSA) is 98.4 Å². The molecule has 0 radical (unpaired) electrons. The summed E-state index contributed by atoms with van der Waals surface area (Å²) >= 11 is 0. The van der Waals surface area contributed by atoms with Crippen molar-refractivity contribution in [1.29, 1.82) is 10.5 Å². The third kappa shape index (κ3) is 3.28. The maximum Gasteiger partial charge on any atom is 0.179 e. The normalized spacial score (nSPS) is 18.0. The number of piperidine rings is 1.